The average molecular weight is 542 g/mol. The number of benzene rings is 1. The summed E-state index contributed by atoms with van der Waals surface area (Å²) in [6.45, 7) is 8.74. The van der Waals surface area contributed by atoms with Gasteiger partial charge >= 0.3 is 6.03 Å². The van der Waals surface area contributed by atoms with Crippen LogP contribution < -0.4 is 15.1 Å². The van der Waals surface area contributed by atoms with E-state index in [1.807, 2.05) is 49.3 Å². The molecule has 0 radical (unpaired) electrons. The van der Waals surface area contributed by atoms with E-state index in [-0.39, 0.29) is 30.3 Å². The Morgan fingerprint density at radius 2 is 1.82 bits per heavy atom. The Bertz CT molecular complexity index is 1470. The van der Waals surface area contributed by atoms with Gasteiger partial charge in [0.05, 0.1) is 24.1 Å². The highest BCUT2D eigenvalue weighted by Crippen LogP contribution is 2.44. The molecule has 2 aromatic heterocycles. The van der Waals surface area contributed by atoms with Crippen LogP contribution in [0.25, 0.3) is 0 Å². The number of fused-ring (bicyclic) bond motifs is 1. The van der Waals surface area contributed by atoms with E-state index in [4.69, 9.17) is 0 Å². The lowest BCUT2D eigenvalue weighted by Gasteiger charge is -2.27. The molecule has 0 unspecified atom stereocenters. The van der Waals surface area contributed by atoms with Gasteiger partial charge in [-0.1, -0.05) is 19.9 Å². The third-order valence-corrected chi connectivity index (χ3v) is 7.49. The predicted molar refractivity (Wildman–Crippen MR) is 155 cm³/mol. The first-order valence-corrected chi connectivity index (χ1v) is 13.3. The lowest BCUT2D eigenvalue weighted by atomic mass is 9.87. The lowest BCUT2D eigenvalue weighted by Crippen LogP contribution is -2.43. The number of hydrogen-bond donors (Lipinski definition) is 1. The van der Waals surface area contributed by atoms with E-state index in [0.29, 0.717) is 18.1 Å². The zero-order valence-electron chi connectivity index (χ0n) is 23.8. The van der Waals surface area contributed by atoms with Crippen LogP contribution in [0.5, 0.6) is 0 Å². The summed E-state index contributed by atoms with van der Waals surface area (Å²) < 4.78 is 0. The van der Waals surface area contributed by atoms with E-state index >= 15 is 0 Å². The standard InChI is InChI=1S/C30H35N7O3/c1-29(2)19-35(26(38)18-34(5)6)24-15-22(9-10-23(24)29)37-27(39)30(3,4)36(28(37)40)17-20-11-13-32-25(14-20)33-21-8-7-12-31-16-21/h7-16H,17-19H2,1-6H3,(H,32,33). The highest BCUT2D eigenvalue weighted by Gasteiger charge is 2.52. The second-order valence-electron chi connectivity index (χ2n) is 11.8. The maximum absolute atomic E-state index is 13.8. The van der Waals surface area contributed by atoms with Crippen molar-refractivity contribution in [1.82, 2.24) is 19.8 Å². The summed E-state index contributed by atoms with van der Waals surface area (Å²) in [5, 5.41) is 3.21. The van der Waals surface area contributed by atoms with Gasteiger partial charge in [-0.15, -0.1) is 0 Å². The highest BCUT2D eigenvalue weighted by molar-refractivity contribution is 6.23. The average Bonchev–Trinajstić information content (AvgIpc) is 3.26. The number of amides is 4. The fourth-order valence-electron chi connectivity index (χ4n) is 5.34. The number of imide groups is 1. The van der Waals surface area contributed by atoms with E-state index in [2.05, 4.69) is 29.1 Å². The molecule has 1 N–H and O–H groups in total. The first-order chi connectivity index (χ1) is 18.9. The molecule has 5 rings (SSSR count). The molecule has 0 bridgehead atoms. The Hall–Kier alpha value is -4.31. The number of urea groups is 1. The summed E-state index contributed by atoms with van der Waals surface area (Å²) in [4.78, 5) is 55.5. The number of aromatic nitrogens is 2. The lowest BCUT2D eigenvalue weighted by molar-refractivity contribution is -0.123. The first kappa shape index (κ1) is 27.3. The fraction of sp³-hybridized carbons (Fsp3) is 0.367. The second-order valence-corrected chi connectivity index (χ2v) is 11.8. The van der Waals surface area contributed by atoms with Crippen LogP contribution in [0.1, 0.15) is 38.8 Å². The van der Waals surface area contributed by atoms with Crippen LogP contribution in [0.3, 0.4) is 0 Å². The molecule has 208 valence electrons. The van der Waals surface area contributed by atoms with Crippen molar-refractivity contribution in [1.29, 1.82) is 0 Å². The quantitative estimate of drug-likeness (QED) is 0.448. The molecule has 0 spiro atoms. The van der Waals surface area contributed by atoms with Gasteiger partial charge in [-0.3, -0.25) is 14.6 Å². The smallest absolute Gasteiger partial charge is 0.332 e. The van der Waals surface area contributed by atoms with Gasteiger partial charge in [0.2, 0.25) is 5.91 Å². The summed E-state index contributed by atoms with van der Waals surface area (Å²) >= 11 is 0. The van der Waals surface area contributed by atoms with Crippen LogP contribution in [0.2, 0.25) is 0 Å². The van der Waals surface area contributed by atoms with E-state index in [1.54, 1.807) is 54.4 Å². The van der Waals surface area contributed by atoms with Gasteiger partial charge in [-0.2, -0.15) is 0 Å². The molecule has 3 aromatic rings. The molecule has 2 aliphatic rings. The topological polar surface area (TPSA) is 102 Å². The number of anilines is 4. The molecule has 4 heterocycles. The largest absolute Gasteiger partial charge is 0.339 e. The summed E-state index contributed by atoms with van der Waals surface area (Å²) in [7, 11) is 3.71. The number of pyridine rings is 2. The number of carbonyl (C=O) groups is 3. The van der Waals surface area contributed by atoms with Crippen molar-refractivity contribution in [3.63, 3.8) is 0 Å². The molecule has 0 atom stereocenters. The van der Waals surface area contributed by atoms with Crippen molar-refractivity contribution in [3.05, 3.63) is 72.2 Å². The maximum atomic E-state index is 13.8. The van der Waals surface area contributed by atoms with E-state index in [9.17, 15) is 14.4 Å². The van der Waals surface area contributed by atoms with Crippen LogP contribution >= 0.6 is 0 Å². The Morgan fingerprint density at radius 1 is 1.05 bits per heavy atom. The molecule has 40 heavy (non-hydrogen) atoms. The number of rotatable bonds is 7. The molecule has 0 aliphatic carbocycles. The molecule has 1 saturated heterocycles. The molecule has 4 amide bonds. The molecular formula is C30H35N7O3. The zero-order valence-corrected chi connectivity index (χ0v) is 23.8. The van der Waals surface area contributed by atoms with Gasteiger partial charge < -0.3 is 20.0 Å². The number of carbonyl (C=O) groups excluding carboxylic acids is 3. The van der Waals surface area contributed by atoms with Crippen LogP contribution in [0.15, 0.2) is 61.1 Å². The molecule has 1 fully saturated rings. The fourth-order valence-corrected chi connectivity index (χ4v) is 5.34. The summed E-state index contributed by atoms with van der Waals surface area (Å²) in [6, 6.07) is 12.5. The van der Waals surface area contributed by atoms with E-state index < -0.39 is 11.6 Å². The van der Waals surface area contributed by atoms with Crippen molar-refractivity contribution in [2.24, 2.45) is 0 Å². The maximum Gasteiger partial charge on any atom is 0.332 e. The van der Waals surface area contributed by atoms with Gasteiger partial charge in [0.1, 0.15) is 11.4 Å². The van der Waals surface area contributed by atoms with Gasteiger partial charge in [0.25, 0.3) is 5.91 Å². The molecule has 2 aliphatic heterocycles. The van der Waals surface area contributed by atoms with Crippen molar-refractivity contribution in [2.45, 2.75) is 45.2 Å². The number of likely N-dealkylation sites (N-methyl/N-ethyl adjacent to an activating group) is 1. The van der Waals surface area contributed by atoms with Gasteiger partial charge in [0.15, 0.2) is 0 Å². The minimum absolute atomic E-state index is 0.0246. The monoisotopic (exact) mass is 541 g/mol. The third kappa shape index (κ3) is 4.90. The van der Waals surface area contributed by atoms with Gasteiger partial charge in [0, 0.05) is 36.6 Å². The van der Waals surface area contributed by atoms with Crippen LogP contribution in [0, 0.1) is 0 Å². The summed E-state index contributed by atoms with van der Waals surface area (Å²) in [5.74, 6) is 0.272. The Labute approximate surface area is 234 Å². The molecule has 10 heteroatoms. The zero-order chi connectivity index (χ0) is 28.8. The third-order valence-electron chi connectivity index (χ3n) is 7.49. The Balaban J connectivity index is 1.42. The van der Waals surface area contributed by atoms with E-state index in [0.717, 1.165) is 22.5 Å². The predicted octanol–water partition coefficient (Wildman–Crippen LogP) is 4.15. The number of nitrogens with one attached hydrogen (secondary N) is 1. The van der Waals surface area contributed by atoms with Gasteiger partial charge in [-0.05, 0) is 75.5 Å². The normalized spacial score (nSPS) is 17.5. The molecule has 10 nitrogen and oxygen atoms in total. The van der Waals surface area contributed by atoms with E-state index in [1.165, 1.54) is 4.90 Å². The SMILES string of the molecule is CN(C)CC(=O)N1CC(C)(C)c2ccc(N3C(=O)N(Cc4ccnc(Nc5cccnc5)c4)C(C)(C)C3=O)cc21. The Morgan fingerprint density at radius 3 is 2.52 bits per heavy atom. The summed E-state index contributed by atoms with van der Waals surface area (Å²) in [5.41, 5.74) is 2.52. The highest BCUT2D eigenvalue weighted by atomic mass is 16.2. The van der Waals surface area contributed by atoms with Crippen LogP contribution in [0.4, 0.5) is 27.7 Å². The van der Waals surface area contributed by atoms with Crippen molar-refractivity contribution in [3.8, 4) is 0 Å². The van der Waals surface area contributed by atoms with Gasteiger partial charge in [-0.25, -0.2) is 14.7 Å². The van der Waals surface area contributed by atoms with Crippen molar-refractivity contribution < 1.29 is 14.4 Å². The Kier molecular flexibility index (Phi) is 6.83. The van der Waals surface area contributed by atoms with Crippen molar-refractivity contribution >= 4 is 40.7 Å². The first-order valence-electron chi connectivity index (χ1n) is 13.3. The molecule has 1 aromatic carbocycles. The second kappa shape index (κ2) is 10.0. The van der Waals surface area contributed by atoms with Crippen LogP contribution in [-0.4, -0.2) is 70.3 Å². The number of nitrogens with zero attached hydrogens (tertiary/aromatic N) is 6. The minimum atomic E-state index is -1.07. The minimum Gasteiger partial charge on any atom is -0.339 e. The number of hydrogen-bond acceptors (Lipinski definition) is 7. The van der Waals surface area contributed by atoms with Crippen LogP contribution in [-0.2, 0) is 21.5 Å². The molecule has 0 saturated carbocycles. The molecular weight excluding hydrogens is 506 g/mol. The van der Waals surface area contributed by atoms with Crippen molar-refractivity contribution in [2.75, 3.05) is 42.3 Å². The summed E-state index contributed by atoms with van der Waals surface area (Å²) in [6.07, 6.45) is 5.06.